The van der Waals surface area contributed by atoms with E-state index in [9.17, 15) is 13.2 Å². The van der Waals surface area contributed by atoms with Gasteiger partial charge in [-0.15, -0.1) is 0 Å². The van der Waals surface area contributed by atoms with Crippen LogP contribution in [0.3, 0.4) is 0 Å². The molecule has 2 aromatic carbocycles. The number of ether oxygens (including phenoxy) is 1. The second kappa shape index (κ2) is 8.73. The van der Waals surface area contributed by atoms with Gasteiger partial charge in [-0.05, 0) is 41.8 Å². The second-order valence-corrected chi connectivity index (χ2v) is 9.64. The van der Waals surface area contributed by atoms with Crippen LogP contribution in [0.5, 0.6) is 5.75 Å². The second-order valence-electron chi connectivity index (χ2n) is 7.26. The van der Waals surface area contributed by atoms with E-state index < -0.39 is 10.0 Å². The first-order valence-corrected chi connectivity index (χ1v) is 11.3. The zero-order valence-electron chi connectivity index (χ0n) is 16.8. The van der Waals surface area contributed by atoms with Crippen LogP contribution in [-0.4, -0.2) is 56.8 Å². The zero-order valence-corrected chi connectivity index (χ0v) is 18.3. The highest BCUT2D eigenvalue weighted by molar-refractivity contribution is 7.89. The molecule has 0 bridgehead atoms. The minimum Gasteiger partial charge on any atom is -0.496 e. The molecule has 8 heteroatoms. The molecule has 0 aromatic heterocycles. The zero-order chi connectivity index (χ0) is 21.2. The number of carbonyl (C=O) groups is 1. The summed E-state index contributed by atoms with van der Waals surface area (Å²) < 4.78 is 32.6. The summed E-state index contributed by atoms with van der Waals surface area (Å²) in [6.45, 7) is 5.21. The molecule has 1 saturated heterocycles. The Morgan fingerprint density at radius 2 is 1.66 bits per heavy atom. The Kier molecular flexibility index (Phi) is 6.51. The minimum absolute atomic E-state index is 0.220. The molecule has 1 heterocycles. The van der Waals surface area contributed by atoms with Gasteiger partial charge in [-0.1, -0.05) is 37.6 Å². The molecule has 156 valence electrons. The van der Waals surface area contributed by atoms with E-state index in [2.05, 4.69) is 13.8 Å². The maximum Gasteiger partial charge on any atom is 0.257 e. The summed E-state index contributed by atoms with van der Waals surface area (Å²) in [5.74, 6) is 0.562. The van der Waals surface area contributed by atoms with Crippen molar-refractivity contribution in [1.29, 1.82) is 0 Å². The van der Waals surface area contributed by atoms with Gasteiger partial charge in [0, 0.05) is 31.2 Å². The van der Waals surface area contributed by atoms with Crippen LogP contribution in [0.2, 0.25) is 5.02 Å². The number of halogens is 1. The Morgan fingerprint density at radius 1 is 1.03 bits per heavy atom. The third-order valence-corrected chi connectivity index (χ3v) is 7.25. The summed E-state index contributed by atoms with van der Waals surface area (Å²) in [5.41, 5.74) is 1.47. The van der Waals surface area contributed by atoms with Gasteiger partial charge in [-0.3, -0.25) is 4.79 Å². The van der Waals surface area contributed by atoms with Gasteiger partial charge >= 0.3 is 0 Å². The van der Waals surface area contributed by atoms with Crippen molar-refractivity contribution in [2.45, 2.75) is 24.7 Å². The van der Waals surface area contributed by atoms with Crippen LogP contribution >= 0.6 is 11.6 Å². The summed E-state index contributed by atoms with van der Waals surface area (Å²) in [6.07, 6.45) is 0. The molecule has 0 spiro atoms. The lowest BCUT2D eigenvalue weighted by Gasteiger charge is -2.34. The molecule has 0 atom stereocenters. The normalized spacial score (nSPS) is 15.6. The summed E-state index contributed by atoms with van der Waals surface area (Å²) in [7, 11) is -2.09. The Balaban J connectivity index is 1.71. The maximum atomic E-state index is 12.9. The van der Waals surface area contributed by atoms with Crippen molar-refractivity contribution in [3.8, 4) is 5.75 Å². The van der Waals surface area contributed by atoms with Crippen molar-refractivity contribution in [2.75, 3.05) is 33.3 Å². The van der Waals surface area contributed by atoms with E-state index in [1.54, 1.807) is 35.2 Å². The standard InChI is InChI=1S/C21H25ClN2O4S/c1-15(2)16-4-7-18(8-5-16)29(26,27)24-12-10-23(11-13-24)21(25)19-14-17(22)6-9-20(19)28-3/h4-9,14-15H,10-13H2,1-3H3. The Labute approximate surface area is 177 Å². The van der Waals surface area contributed by atoms with Crippen molar-refractivity contribution >= 4 is 27.5 Å². The molecule has 2 aromatic rings. The summed E-state index contributed by atoms with van der Waals surface area (Å²) in [6, 6.07) is 11.9. The molecule has 3 rings (SSSR count). The number of hydrogen-bond donors (Lipinski definition) is 0. The highest BCUT2D eigenvalue weighted by Crippen LogP contribution is 2.26. The number of rotatable bonds is 5. The Bertz CT molecular complexity index is 982. The quantitative estimate of drug-likeness (QED) is 0.718. The average Bonchev–Trinajstić information content (AvgIpc) is 2.73. The molecule has 0 aliphatic carbocycles. The number of piperazine rings is 1. The van der Waals surface area contributed by atoms with Crippen LogP contribution in [0.1, 0.15) is 35.7 Å². The van der Waals surface area contributed by atoms with Gasteiger partial charge in [0.25, 0.3) is 5.91 Å². The van der Waals surface area contributed by atoms with Crippen LogP contribution in [0.25, 0.3) is 0 Å². The summed E-state index contributed by atoms with van der Waals surface area (Å²) in [4.78, 5) is 14.8. The molecule has 0 N–H and O–H groups in total. The largest absolute Gasteiger partial charge is 0.496 e. The highest BCUT2D eigenvalue weighted by atomic mass is 35.5. The van der Waals surface area contributed by atoms with Gasteiger partial charge in [0.1, 0.15) is 5.75 Å². The Morgan fingerprint density at radius 3 is 2.21 bits per heavy atom. The van der Waals surface area contributed by atoms with E-state index in [0.29, 0.717) is 35.3 Å². The van der Waals surface area contributed by atoms with E-state index in [-0.39, 0.29) is 23.9 Å². The van der Waals surface area contributed by atoms with E-state index in [1.165, 1.54) is 11.4 Å². The molecule has 6 nitrogen and oxygen atoms in total. The third-order valence-electron chi connectivity index (χ3n) is 5.10. The van der Waals surface area contributed by atoms with Crippen LogP contribution in [0.4, 0.5) is 0 Å². The van der Waals surface area contributed by atoms with Crippen molar-refractivity contribution in [3.63, 3.8) is 0 Å². The molecule has 1 aliphatic rings. The topological polar surface area (TPSA) is 66.9 Å². The molecule has 0 saturated carbocycles. The van der Waals surface area contributed by atoms with E-state index >= 15 is 0 Å². The van der Waals surface area contributed by atoms with Crippen molar-refractivity contribution < 1.29 is 17.9 Å². The number of benzene rings is 2. The fraction of sp³-hybridized carbons (Fsp3) is 0.381. The van der Waals surface area contributed by atoms with Gasteiger partial charge in [0.05, 0.1) is 17.6 Å². The molecule has 1 amide bonds. The van der Waals surface area contributed by atoms with Gasteiger partial charge < -0.3 is 9.64 Å². The van der Waals surface area contributed by atoms with E-state index in [1.807, 2.05) is 12.1 Å². The molecule has 0 unspecified atom stereocenters. The first kappa shape index (κ1) is 21.6. The van der Waals surface area contributed by atoms with Crippen molar-refractivity contribution in [2.24, 2.45) is 0 Å². The average molecular weight is 437 g/mol. The van der Waals surface area contributed by atoms with Crippen molar-refractivity contribution in [3.05, 3.63) is 58.6 Å². The van der Waals surface area contributed by atoms with Gasteiger partial charge in [0.2, 0.25) is 10.0 Å². The third kappa shape index (κ3) is 4.57. The predicted octanol–water partition coefficient (Wildman–Crippen LogP) is 3.62. The molecular weight excluding hydrogens is 412 g/mol. The lowest BCUT2D eigenvalue weighted by atomic mass is 10.0. The predicted molar refractivity (Wildman–Crippen MR) is 113 cm³/mol. The highest BCUT2D eigenvalue weighted by Gasteiger charge is 2.31. The van der Waals surface area contributed by atoms with Crippen LogP contribution in [-0.2, 0) is 10.0 Å². The minimum atomic E-state index is -3.59. The lowest BCUT2D eigenvalue weighted by Crippen LogP contribution is -2.50. The molecular formula is C21H25ClN2O4S. The smallest absolute Gasteiger partial charge is 0.257 e. The van der Waals surface area contributed by atoms with E-state index in [0.717, 1.165) is 5.56 Å². The first-order chi connectivity index (χ1) is 13.7. The van der Waals surface area contributed by atoms with Crippen molar-refractivity contribution in [1.82, 2.24) is 9.21 Å². The van der Waals surface area contributed by atoms with Gasteiger partial charge in [-0.25, -0.2) is 8.42 Å². The molecule has 1 aliphatic heterocycles. The number of nitrogens with zero attached hydrogens (tertiary/aromatic N) is 2. The molecule has 1 fully saturated rings. The fourth-order valence-electron chi connectivity index (χ4n) is 3.32. The first-order valence-electron chi connectivity index (χ1n) is 9.47. The lowest BCUT2D eigenvalue weighted by molar-refractivity contribution is 0.0694. The summed E-state index contributed by atoms with van der Waals surface area (Å²) >= 11 is 6.02. The number of methoxy groups -OCH3 is 1. The molecule has 29 heavy (non-hydrogen) atoms. The fourth-order valence-corrected chi connectivity index (χ4v) is 4.92. The summed E-state index contributed by atoms with van der Waals surface area (Å²) in [5, 5.41) is 0.445. The van der Waals surface area contributed by atoms with Crippen LogP contribution < -0.4 is 4.74 Å². The number of hydrogen-bond acceptors (Lipinski definition) is 4. The van der Waals surface area contributed by atoms with Crippen LogP contribution in [0.15, 0.2) is 47.4 Å². The van der Waals surface area contributed by atoms with Crippen LogP contribution in [0, 0.1) is 0 Å². The van der Waals surface area contributed by atoms with E-state index in [4.69, 9.17) is 16.3 Å². The number of amides is 1. The van der Waals surface area contributed by atoms with Gasteiger partial charge in [0.15, 0.2) is 0 Å². The number of sulfonamides is 1. The monoisotopic (exact) mass is 436 g/mol. The molecule has 0 radical (unpaired) electrons. The number of carbonyl (C=O) groups excluding carboxylic acids is 1. The SMILES string of the molecule is COc1ccc(Cl)cc1C(=O)N1CCN(S(=O)(=O)c2ccc(C(C)C)cc2)CC1. The Hall–Kier alpha value is -2.09. The van der Waals surface area contributed by atoms with Gasteiger partial charge in [-0.2, -0.15) is 4.31 Å². The maximum absolute atomic E-state index is 12.9.